The van der Waals surface area contributed by atoms with Crippen molar-refractivity contribution < 1.29 is 17.9 Å². The van der Waals surface area contributed by atoms with Crippen LogP contribution in [-0.2, 0) is 20.0 Å². The Hall–Kier alpha value is -1.85. The quantitative estimate of drug-likeness (QED) is 0.759. The van der Waals surface area contributed by atoms with E-state index in [1.807, 2.05) is 13.0 Å². The highest BCUT2D eigenvalue weighted by atomic mass is 32.2. The summed E-state index contributed by atoms with van der Waals surface area (Å²) in [5.41, 5.74) is 1.86. The molecule has 1 fully saturated rings. The second kappa shape index (κ2) is 6.46. The minimum Gasteiger partial charge on any atom is -0.490 e. The van der Waals surface area contributed by atoms with Crippen LogP contribution in [0, 0.1) is 6.92 Å². The predicted molar refractivity (Wildman–Crippen MR) is 97.0 cm³/mol. The summed E-state index contributed by atoms with van der Waals surface area (Å²) in [5, 5.41) is 0. The minimum absolute atomic E-state index is 0.116. The van der Waals surface area contributed by atoms with Crippen molar-refractivity contribution in [2.24, 2.45) is 0 Å². The van der Waals surface area contributed by atoms with E-state index in [4.69, 9.17) is 9.47 Å². The van der Waals surface area contributed by atoms with Gasteiger partial charge < -0.3 is 9.47 Å². The maximum atomic E-state index is 12.9. The molecule has 2 aromatic rings. The lowest BCUT2D eigenvalue weighted by Crippen LogP contribution is -2.16. The monoisotopic (exact) mass is 360 g/mol. The molecule has 0 saturated carbocycles. The van der Waals surface area contributed by atoms with Crippen LogP contribution in [0.25, 0.3) is 0 Å². The fourth-order valence-corrected chi connectivity index (χ4v) is 3.89. The van der Waals surface area contributed by atoms with Crippen LogP contribution in [0.4, 0.5) is 0 Å². The van der Waals surface area contributed by atoms with Crippen LogP contribution in [0.15, 0.2) is 52.3 Å². The summed E-state index contributed by atoms with van der Waals surface area (Å²) in [4.78, 5) is 0.536. The minimum atomic E-state index is -3.57. The van der Waals surface area contributed by atoms with Gasteiger partial charge in [0.05, 0.1) is 16.4 Å². The van der Waals surface area contributed by atoms with Crippen molar-refractivity contribution in [2.45, 2.75) is 49.0 Å². The van der Waals surface area contributed by atoms with Gasteiger partial charge in [-0.05, 0) is 42.2 Å². The van der Waals surface area contributed by atoms with Gasteiger partial charge in [0.15, 0.2) is 0 Å². The first-order valence-electron chi connectivity index (χ1n) is 8.38. The van der Waals surface area contributed by atoms with Crippen molar-refractivity contribution in [3.05, 3.63) is 53.6 Å². The Balaban J connectivity index is 2.00. The van der Waals surface area contributed by atoms with Crippen molar-refractivity contribution in [3.63, 3.8) is 0 Å². The van der Waals surface area contributed by atoms with Crippen LogP contribution >= 0.6 is 0 Å². The number of aryl methyl sites for hydroxylation is 1. The molecule has 1 aliphatic heterocycles. The largest absolute Gasteiger partial charge is 0.490 e. The van der Waals surface area contributed by atoms with Crippen molar-refractivity contribution in [1.82, 2.24) is 0 Å². The highest BCUT2D eigenvalue weighted by molar-refractivity contribution is 7.91. The molecule has 1 heterocycles. The lowest BCUT2D eigenvalue weighted by atomic mass is 9.86. The molecule has 1 aliphatic rings. The molecule has 0 aliphatic carbocycles. The second-order valence-corrected chi connectivity index (χ2v) is 9.44. The lowest BCUT2D eigenvalue weighted by molar-refractivity contribution is 0.257. The molecule has 1 unspecified atom stereocenters. The normalized spacial score (nSPS) is 17.4. The molecule has 1 saturated heterocycles. The third kappa shape index (κ3) is 4.05. The Morgan fingerprint density at radius 1 is 1.08 bits per heavy atom. The van der Waals surface area contributed by atoms with Gasteiger partial charge in [-0.3, -0.25) is 0 Å². The van der Waals surface area contributed by atoms with E-state index in [9.17, 15) is 8.42 Å². The van der Waals surface area contributed by atoms with E-state index in [1.54, 1.807) is 36.4 Å². The maximum absolute atomic E-state index is 12.9. The van der Waals surface area contributed by atoms with Crippen molar-refractivity contribution in [1.29, 1.82) is 0 Å². The lowest BCUT2D eigenvalue weighted by Gasteiger charge is -2.23. The fraction of sp³-hybridized carbons (Fsp3) is 0.400. The van der Waals surface area contributed by atoms with E-state index in [-0.39, 0.29) is 21.3 Å². The van der Waals surface area contributed by atoms with E-state index >= 15 is 0 Å². The summed E-state index contributed by atoms with van der Waals surface area (Å²) in [6, 6.07) is 12.0. The molecular weight excluding hydrogens is 336 g/mol. The first-order valence-corrected chi connectivity index (χ1v) is 9.87. The zero-order valence-corrected chi connectivity index (χ0v) is 15.9. The summed E-state index contributed by atoms with van der Waals surface area (Å²) in [6.45, 7) is 9.31. The van der Waals surface area contributed by atoms with Crippen molar-refractivity contribution >= 4 is 9.84 Å². The van der Waals surface area contributed by atoms with Gasteiger partial charge in [-0.1, -0.05) is 44.5 Å². The summed E-state index contributed by atoms with van der Waals surface area (Å²) in [7, 11) is -3.57. The van der Waals surface area contributed by atoms with Gasteiger partial charge in [-0.25, -0.2) is 8.42 Å². The molecule has 3 rings (SSSR count). The van der Waals surface area contributed by atoms with Crippen molar-refractivity contribution in [3.8, 4) is 5.75 Å². The second-order valence-electron chi connectivity index (χ2n) is 7.49. The smallest absolute Gasteiger partial charge is 0.206 e. The topological polar surface area (TPSA) is 55.9 Å². The van der Waals surface area contributed by atoms with E-state index in [0.717, 1.165) is 11.1 Å². The third-order valence-corrected chi connectivity index (χ3v) is 6.00. The number of rotatable bonds is 5. The Morgan fingerprint density at radius 2 is 1.68 bits per heavy atom. The van der Waals surface area contributed by atoms with Crippen LogP contribution in [0.3, 0.4) is 0 Å². The van der Waals surface area contributed by atoms with Crippen LogP contribution in [0.2, 0.25) is 0 Å². The van der Waals surface area contributed by atoms with Gasteiger partial charge in [0.2, 0.25) is 9.84 Å². The number of ether oxygens (including phenoxy) is 2. The fourth-order valence-electron chi connectivity index (χ4n) is 2.61. The molecule has 1 atom stereocenters. The van der Waals surface area contributed by atoms with E-state index in [1.165, 1.54) is 0 Å². The third-order valence-electron chi connectivity index (χ3n) is 4.23. The number of sulfone groups is 1. The molecule has 0 N–H and O–H groups in total. The zero-order chi connectivity index (χ0) is 18.2. The van der Waals surface area contributed by atoms with E-state index in [2.05, 4.69) is 20.8 Å². The molecule has 2 aromatic carbocycles. The van der Waals surface area contributed by atoms with Crippen LogP contribution in [0.5, 0.6) is 5.75 Å². The number of hydrogen-bond donors (Lipinski definition) is 0. The Morgan fingerprint density at radius 3 is 2.24 bits per heavy atom. The molecule has 0 amide bonds. The van der Waals surface area contributed by atoms with Gasteiger partial charge in [0.25, 0.3) is 0 Å². The van der Waals surface area contributed by atoms with Crippen molar-refractivity contribution in [2.75, 3.05) is 13.2 Å². The van der Waals surface area contributed by atoms with Gasteiger partial charge in [-0.15, -0.1) is 0 Å². The predicted octanol–water partition coefficient (Wildman–Crippen LogP) is 3.90. The van der Waals surface area contributed by atoms with Gasteiger partial charge in [-0.2, -0.15) is 0 Å². The molecule has 5 heteroatoms. The standard InChI is InChI=1S/C20H24O4S/c1-14-5-7-16(8-6-14)25(21,22)17-9-10-18(20(2,3)4)19(11-17)24-13-15-12-23-15/h5-11,15H,12-13H2,1-4H3. The van der Waals surface area contributed by atoms with Gasteiger partial charge in [0.1, 0.15) is 18.5 Å². The highest BCUT2D eigenvalue weighted by Crippen LogP contribution is 2.35. The Labute approximate surface area is 149 Å². The van der Waals surface area contributed by atoms with Crippen LogP contribution < -0.4 is 4.74 Å². The first kappa shape index (κ1) is 18.0. The highest BCUT2D eigenvalue weighted by Gasteiger charge is 2.27. The average molecular weight is 360 g/mol. The number of hydrogen-bond acceptors (Lipinski definition) is 4. The summed E-state index contributed by atoms with van der Waals surface area (Å²) < 4.78 is 36.9. The van der Waals surface area contributed by atoms with E-state index < -0.39 is 9.84 Å². The molecule has 25 heavy (non-hydrogen) atoms. The molecule has 0 bridgehead atoms. The van der Waals surface area contributed by atoms with E-state index in [0.29, 0.717) is 19.0 Å². The average Bonchev–Trinajstić information content (AvgIpc) is 3.36. The van der Waals surface area contributed by atoms with Crippen LogP contribution in [-0.4, -0.2) is 27.7 Å². The molecule has 0 radical (unpaired) electrons. The van der Waals surface area contributed by atoms with Gasteiger partial charge in [0, 0.05) is 0 Å². The zero-order valence-electron chi connectivity index (χ0n) is 15.1. The Bertz CT molecular complexity index is 858. The molecule has 0 spiro atoms. The Kier molecular flexibility index (Phi) is 4.64. The maximum Gasteiger partial charge on any atom is 0.206 e. The van der Waals surface area contributed by atoms with Crippen LogP contribution in [0.1, 0.15) is 31.9 Å². The molecule has 4 nitrogen and oxygen atoms in total. The number of epoxide rings is 1. The molecule has 134 valence electrons. The number of benzene rings is 2. The SMILES string of the molecule is Cc1ccc(S(=O)(=O)c2ccc(C(C)(C)C)c(OCC3CO3)c2)cc1. The molecule has 0 aromatic heterocycles. The molecular formula is C20H24O4S. The summed E-state index contributed by atoms with van der Waals surface area (Å²) in [5.74, 6) is 0.608. The first-order chi connectivity index (χ1) is 11.7. The summed E-state index contributed by atoms with van der Waals surface area (Å²) >= 11 is 0. The summed E-state index contributed by atoms with van der Waals surface area (Å²) in [6.07, 6.45) is 0.116. The van der Waals surface area contributed by atoms with Gasteiger partial charge >= 0.3 is 0 Å².